The summed E-state index contributed by atoms with van der Waals surface area (Å²) in [5, 5.41) is 6.04. The summed E-state index contributed by atoms with van der Waals surface area (Å²) in [6.45, 7) is 3.55. The Morgan fingerprint density at radius 1 is 1.04 bits per heavy atom. The SMILES string of the molecule is Cc1c(Cl)cccc1NC(=S)NNC(=O)[C@H](C)Oc1ccc2ccccc2c1. The van der Waals surface area contributed by atoms with Gasteiger partial charge in [-0.3, -0.25) is 15.6 Å². The number of hydrazine groups is 1. The first-order valence-electron chi connectivity index (χ1n) is 8.71. The van der Waals surface area contributed by atoms with Crippen LogP contribution in [0.1, 0.15) is 12.5 Å². The van der Waals surface area contributed by atoms with Crippen LogP contribution in [0, 0.1) is 6.92 Å². The van der Waals surface area contributed by atoms with Gasteiger partial charge in [0, 0.05) is 10.7 Å². The first kappa shape index (κ1) is 19.9. The summed E-state index contributed by atoms with van der Waals surface area (Å²) < 4.78 is 5.74. The van der Waals surface area contributed by atoms with Crippen LogP contribution in [0.15, 0.2) is 60.7 Å². The van der Waals surface area contributed by atoms with E-state index in [4.69, 9.17) is 28.6 Å². The van der Waals surface area contributed by atoms with E-state index in [0.29, 0.717) is 10.8 Å². The van der Waals surface area contributed by atoms with Crippen LogP contribution < -0.4 is 20.9 Å². The number of halogens is 1. The monoisotopic (exact) mass is 413 g/mol. The van der Waals surface area contributed by atoms with E-state index in [1.54, 1.807) is 13.0 Å². The van der Waals surface area contributed by atoms with E-state index in [0.717, 1.165) is 22.0 Å². The Morgan fingerprint density at radius 3 is 2.57 bits per heavy atom. The third kappa shape index (κ3) is 4.91. The van der Waals surface area contributed by atoms with E-state index < -0.39 is 6.10 Å². The molecule has 0 saturated heterocycles. The topological polar surface area (TPSA) is 62.4 Å². The molecule has 0 unspecified atom stereocenters. The number of ether oxygens (including phenoxy) is 1. The number of carbonyl (C=O) groups excluding carboxylic acids is 1. The van der Waals surface area contributed by atoms with Gasteiger partial charge in [0.15, 0.2) is 11.2 Å². The summed E-state index contributed by atoms with van der Waals surface area (Å²) in [6, 6.07) is 19.1. The zero-order valence-electron chi connectivity index (χ0n) is 15.5. The van der Waals surface area contributed by atoms with Crippen LogP contribution in [0.3, 0.4) is 0 Å². The highest BCUT2D eigenvalue weighted by Gasteiger charge is 2.15. The van der Waals surface area contributed by atoms with Crippen LogP contribution in [0.4, 0.5) is 5.69 Å². The third-order valence-electron chi connectivity index (χ3n) is 4.22. The fourth-order valence-corrected chi connectivity index (χ4v) is 2.95. The summed E-state index contributed by atoms with van der Waals surface area (Å²) in [5.41, 5.74) is 6.85. The van der Waals surface area contributed by atoms with Crippen LogP contribution in [0.25, 0.3) is 10.8 Å². The molecular formula is C21H20ClN3O2S. The zero-order valence-corrected chi connectivity index (χ0v) is 17.0. The molecule has 0 fully saturated rings. The molecule has 0 bridgehead atoms. The molecule has 3 aromatic rings. The molecule has 0 saturated carbocycles. The van der Waals surface area contributed by atoms with Gasteiger partial charge in [-0.1, -0.05) is 48.0 Å². The van der Waals surface area contributed by atoms with Gasteiger partial charge >= 0.3 is 0 Å². The largest absolute Gasteiger partial charge is 0.481 e. The van der Waals surface area contributed by atoms with Gasteiger partial charge in [0.2, 0.25) is 0 Å². The Hall–Kier alpha value is -2.83. The van der Waals surface area contributed by atoms with Crippen LogP contribution >= 0.6 is 23.8 Å². The predicted octanol–water partition coefficient (Wildman–Crippen LogP) is 4.59. The van der Waals surface area contributed by atoms with E-state index in [1.807, 2.05) is 61.5 Å². The fourth-order valence-electron chi connectivity index (χ4n) is 2.61. The number of hydrogen-bond acceptors (Lipinski definition) is 3. The first-order valence-corrected chi connectivity index (χ1v) is 9.50. The van der Waals surface area contributed by atoms with Gasteiger partial charge in [-0.15, -0.1) is 0 Å². The highest BCUT2D eigenvalue weighted by molar-refractivity contribution is 7.80. The normalized spacial score (nSPS) is 11.5. The molecule has 144 valence electrons. The summed E-state index contributed by atoms with van der Waals surface area (Å²) in [7, 11) is 0. The maximum absolute atomic E-state index is 12.3. The van der Waals surface area contributed by atoms with Crippen molar-refractivity contribution in [2.24, 2.45) is 0 Å². The maximum atomic E-state index is 12.3. The molecule has 3 rings (SSSR count). The van der Waals surface area contributed by atoms with E-state index in [1.165, 1.54) is 0 Å². The number of benzene rings is 3. The minimum absolute atomic E-state index is 0.247. The van der Waals surface area contributed by atoms with Crippen molar-refractivity contribution in [2.45, 2.75) is 20.0 Å². The highest BCUT2D eigenvalue weighted by Crippen LogP contribution is 2.23. The van der Waals surface area contributed by atoms with Gasteiger partial charge < -0.3 is 10.1 Å². The lowest BCUT2D eigenvalue weighted by atomic mass is 10.1. The smallest absolute Gasteiger partial charge is 0.279 e. The first-order chi connectivity index (χ1) is 13.4. The van der Waals surface area contributed by atoms with Crippen LogP contribution in [-0.4, -0.2) is 17.1 Å². The average Bonchev–Trinajstić information content (AvgIpc) is 2.69. The van der Waals surface area contributed by atoms with Crippen molar-refractivity contribution in [1.29, 1.82) is 0 Å². The second-order valence-corrected chi connectivity index (χ2v) is 7.07. The summed E-state index contributed by atoms with van der Waals surface area (Å²) >= 11 is 11.3. The molecule has 5 nitrogen and oxygen atoms in total. The lowest BCUT2D eigenvalue weighted by Gasteiger charge is -2.17. The summed E-state index contributed by atoms with van der Waals surface area (Å²) in [5.74, 6) is 0.275. The number of amides is 1. The van der Waals surface area contributed by atoms with E-state index >= 15 is 0 Å². The molecule has 3 aromatic carbocycles. The highest BCUT2D eigenvalue weighted by atomic mass is 35.5. The van der Waals surface area contributed by atoms with Gasteiger partial charge in [0.1, 0.15) is 5.75 Å². The molecule has 28 heavy (non-hydrogen) atoms. The molecular weight excluding hydrogens is 394 g/mol. The van der Waals surface area contributed by atoms with Crippen molar-refractivity contribution < 1.29 is 9.53 Å². The summed E-state index contributed by atoms with van der Waals surface area (Å²) in [6.07, 6.45) is -0.704. The van der Waals surface area contributed by atoms with Gasteiger partial charge in [-0.2, -0.15) is 0 Å². The van der Waals surface area contributed by atoms with Gasteiger partial charge in [0.25, 0.3) is 5.91 Å². The van der Waals surface area contributed by atoms with E-state index in [-0.39, 0.29) is 11.0 Å². The number of anilines is 1. The minimum atomic E-state index is -0.704. The standard InChI is InChI=1S/C21H20ClN3O2S/c1-13-18(22)8-5-9-19(13)23-21(28)25-24-20(26)14(2)27-17-11-10-15-6-3-4-7-16(15)12-17/h3-12,14H,1-2H3,(H,24,26)(H2,23,25,28)/t14-/m0/s1. The fraction of sp³-hybridized carbons (Fsp3) is 0.143. The Balaban J connectivity index is 1.53. The second-order valence-electron chi connectivity index (χ2n) is 6.25. The average molecular weight is 414 g/mol. The molecule has 7 heteroatoms. The Morgan fingerprint density at radius 2 is 1.79 bits per heavy atom. The van der Waals surface area contributed by atoms with Crippen molar-refractivity contribution in [2.75, 3.05) is 5.32 Å². The third-order valence-corrected chi connectivity index (χ3v) is 4.83. The number of thiocarbonyl (C=S) groups is 1. The molecule has 0 radical (unpaired) electrons. The Labute approximate surface area is 174 Å². The van der Waals surface area contributed by atoms with Crippen molar-refractivity contribution in [3.63, 3.8) is 0 Å². The number of nitrogens with one attached hydrogen (secondary N) is 3. The molecule has 0 aromatic heterocycles. The molecule has 0 aliphatic heterocycles. The zero-order chi connectivity index (χ0) is 20.1. The van der Waals surface area contributed by atoms with E-state index in [9.17, 15) is 4.79 Å². The van der Waals surface area contributed by atoms with E-state index in [2.05, 4.69) is 16.2 Å². The van der Waals surface area contributed by atoms with Gasteiger partial charge in [-0.05, 0) is 66.7 Å². The lowest BCUT2D eigenvalue weighted by molar-refractivity contribution is -0.127. The molecule has 1 atom stereocenters. The number of rotatable bonds is 4. The molecule has 0 aliphatic rings. The number of fused-ring (bicyclic) bond motifs is 1. The lowest BCUT2D eigenvalue weighted by Crippen LogP contribution is -2.48. The van der Waals surface area contributed by atoms with Crippen molar-refractivity contribution in [3.05, 3.63) is 71.2 Å². The minimum Gasteiger partial charge on any atom is -0.481 e. The predicted molar refractivity (Wildman–Crippen MR) is 118 cm³/mol. The second kappa shape index (κ2) is 8.91. The summed E-state index contributed by atoms with van der Waals surface area (Å²) in [4.78, 5) is 12.3. The molecule has 0 heterocycles. The van der Waals surface area contributed by atoms with Crippen LogP contribution in [-0.2, 0) is 4.79 Å². The molecule has 0 spiro atoms. The van der Waals surface area contributed by atoms with Crippen molar-refractivity contribution in [1.82, 2.24) is 10.9 Å². The molecule has 3 N–H and O–H groups in total. The van der Waals surface area contributed by atoms with Crippen molar-refractivity contribution in [3.8, 4) is 5.75 Å². The number of carbonyl (C=O) groups is 1. The van der Waals surface area contributed by atoms with Crippen molar-refractivity contribution >= 4 is 51.3 Å². The Kier molecular flexibility index (Phi) is 6.34. The van der Waals surface area contributed by atoms with Gasteiger partial charge in [0.05, 0.1) is 0 Å². The van der Waals surface area contributed by atoms with Crippen LogP contribution in [0.5, 0.6) is 5.75 Å². The molecule has 1 amide bonds. The van der Waals surface area contributed by atoms with Crippen LogP contribution in [0.2, 0.25) is 5.02 Å². The quantitative estimate of drug-likeness (QED) is 0.431. The maximum Gasteiger partial charge on any atom is 0.279 e. The van der Waals surface area contributed by atoms with Gasteiger partial charge in [-0.25, -0.2) is 0 Å². The molecule has 0 aliphatic carbocycles. The Bertz CT molecular complexity index is 1030. The number of hydrogen-bond donors (Lipinski definition) is 3.